The fraction of sp³-hybridized carbons (Fsp3) is 0.625. The molecule has 0 rings (SSSR count). The summed E-state index contributed by atoms with van der Waals surface area (Å²) in [6, 6.07) is 0. The summed E-state index contributed by atoms with van der Waals surface area (Å²) < 4.78 is 0. The predicted octanol–water partition coefficient (Wildman–Crippen LogP) is 1.95. The molecule has 0 unspecified atom stereocenters. The molecule has 0 aromatic carbocycles. The number of aliphatic carboxylic acids is 1. The Bertz CT molecular complexity index is 174. The van der Waals surface area contributed by atoms with E-state index in [2.05, 4.69) is 0 Å². The van der Waals surface area contributed by atoms with Crippen molar-refractivity contribution in [2.45, 2.75) is 27.2 Å². The Labute approximate surface area is 66.4 Å². The normalized spacial score (nSPS) is 13.2. The van der Waals surface area contributed by atoms with Crippen molar-refractivity contribution < 1.29 is 15.0 Å². The Balaban J connectivity index is 4.24. The Hall–Kier alpha value is -0.990. The van der Waals surface area contributed by atoms with Crippen LogP contribution in [0, 0.1) is 5.41 Å². The van der Waals surface area contributed by atoms with E-state index in [4.69, 9.17) is 10.2 Å². The molecule has 3 heteroatoms. The van der Waals surface area contributed by atoms with E-state index >= 15 is 0 Å². The first-order chi connectivity index (χ1) is 4.87. The molecule has 0 fully saturated rings. The van der Waals surface area contributed by atoms with Crippen LogP contribution >= 0.6 is 0 Å². The van der Waals surface area contributed by atoms with Gasteiger partial charge in [0.15, 0.2) is 0 Å². The second-order valence-electron chi connectivity index (χ2n) is 3.70. The molecule has 0 bridgehead atoms. The SMILES string of the molecule is CC(C)(C)CC(=CO)C(=O)O. The summed E-state index contributed by atoms with van der Waals surface area (Å²) in [7, 11) is 0. The monoisotopic (exact) mass is 158 g/mol. The zero-order valence-electron chi connectivity index (χ0n) is 7.09. The number of hydrogen-bond acceptors (Lipinski definition) is 2. The minimum Gasteiger partial charge on any atom is -0.515 e. The van der Waals surface area contributed by atoms with Crippen LogP contribution in [0.1, 0.15) is 27.2 Å². The van der Waals surface area contributed by atoms with Crippen LogP contribution in [0.5, 0.6) is 0 Å². The topological polar surface area (TPSA) is 57.5 Å². The van der Waals surface area contributed by atoms with E-state index in [1.807, 2.05) is 20.8 Å². The highest BCUT2D eigenvalue weighted by atomic mass is 16.4. The molecule has 0 saturated heterocycles. The van der Waals surface area contributed by atoms with E-state index in [1.165, 1.54) is 0 Å². The van der Waals surface area contributed by atoms with Gasteiger partial charge in [-0.15, -0.1) is 0 Å². The van der Waals surface area contributed by atoms with Crippen molar-refractivity contribution in [3.05, 3.63) is 11.8 Å². The molecule has 0 aliphatic rings. The van der Waals surface area contributed by atoms with Gasteiger partial charge in [0.1, 0.15) is 0 Å². The highest BCUT2D eigenvalue weighted by Gasteiger charge is 2.17. The molecule has 0 saturated carbocycles. The van der Waals surface area contributed by atoms with E-state index < -0.39 is 5.97 Å². The molecule has 0 aliphatic heterocycles. The molecule has 0 radical (unpaired) electrons. The van der Waals surface area contributed by atoms with Crippen LogP contribution < -0.4 is 0 Å². The Kier molecular flexibility index (Phi) is 3.11. The van der Waals surface area contributed by atoms with Gasteiger partial charge in [0.25, 0.3) is 0 Å². The summed E-state index contributed by atoms with van der Waals surface area (Å²) in [5.74, 6) is -1.05. The first kappa shape index (κ1) is 10.0. The van der Waals surface area contributed by atoms with Crippen LogP contribution in [-0.4, -0.2) is 16.2 Å². The third-order valence-corrected chi connectivity index (χ3v) is 1.15. The third kappa shape index (κ3) is 4.42. The molecule has 0 atom stereocenters. The van der Waals surface area contributed by atoms with Gasteiger partial charge in [-0.3, -0.25) is 0 Å². The van der Waals surface area contributed by atoms with Crippen LogP contribution in [0.4, 0.5) is 0 Å². The van der Waals surface area contributed by atoms with Gasteiger partial charge in [-0.05, 0) is 11.8 Å². The minimum atomic E-state index is -1.05. The van der Waals surface area contributed by atoms with Crippen molar-refractivity contribution in [2.24, 2.45) is 5.41 Å². The number of hydrogen-bond donors (Lipinski definition) is 2. The quantitative estimate of drug-likeness (QED) is 0.477. The second kappa shape index (κ2) is 3.42. The van der Waals surface area contributed by atoms with E-state index in [1.54, 1.807) is 0 Å². The molecule has 0 aliphatic carbocycles. The molecular weight excluding hydrogens is 144 g/mol. The van der Waals surface area contributed by atoms with Gasteiger partial charge < -0.3 is 10.2 Å². The van der Waals surface area contributed by atoms with Crippen molar-refractivity contribution in [3.8, 4) is 0 Å². The molecule has 0 aromatic rings. The fourth-order valence-corrected chi connectivity index (χ4v) is 0.748. The van der Waals surface area contributed by atoms with Gasteiger partial charge in [-0.1, -0.05) is 20.8 Å². The average molecular weight is 158 g/mol. The lowest BCUT2D eigenvalue weighted by molar-refractivity contribution is -0.133. The van der Waals surface area contributed by atoms with Crippen LogP contribution in [-0.2, 0) is 4.79 Å². The first-order valence-electron chi connectivity index (χ1n) is 3.43. The number of carboxylic acids is 1. The first-order valence-corrected chi connectivity index (χ1v) is 3.43. The van der Waals surface area contributed by atoms with Crippen molar-refractivity contribution >= 4 is 5.97 Å². The minimum absolute atomic E-state index is 0.0532. The van der Waals surface area contributed by atoms with Gasteiger partial charge in [0.2, 0.25) is 0 Å². The molecule has 64 valence electrons. The maximum atomic E-state index is 10.4. The van der Waals surface area contributed by atoms with Gasteiger partial charge in [0.05, 0.1) is 11.8 Å². The van der Waals surface area contributed by atoms with Crippen molar-refractivity contribution in [1.82, 2.24) is 0 Å². The third-order valence-electron chi connectivity index (χ3n) is 1.15. The number of carbonyl (C=O) groups is 1. The van der Waals surface area contributed by atoms with Gasteiger partial charge in [-0.25, -0.2) is 4.79 Å². The summed E-state index contributed by atoms with van der Waals surface area (Å²) in [4.78, 5) is 10.4. The average Bonchev–Trinajstić information content (AvgIpc) is 1.80. The summed E-state index contributed by atoms with van der Waals surface area (Å²) in [5.41, 5.74) is -0.0510. The molecule has 2 N–H and O–H groups in total. The number of aliphatic hydroxyl groups is 1. The molecule has 3 nitrogen and oxygen atoms in total. The molecule has 0 heterocycles. The second-order valence-corrected chi connectivity index (χ2v) is 3.70. The van der Waals surface area contributed by atoms with E-state index in [0.29, 0.717) is 12.7 Å². The highest BCUT2D eigenvalue weighted by molar-refractivity contribution is 5.86. The number of rotatable bonds is 2. The Morgan fingerprint density at radius 3 is 2.00 bits per heavy atom. The van der Waals surface area contributed by atoms with Gasteiger partial charge in [-0.2, -0.15) is 0 Å². The van der Waals surface area contributed by atoms with Crippen LogP contribution in [0.25, 0.3) is 0 Å². The fourth-order valence-electron chi connectivity index (χ4n) is 0.748. The lowest BCUT2D eigenvalue weighted by Crippen LogP contribution is -2.11. The highest BCUT2D eigenvalue weighted by Crippen LogP contribution is 2.23. The molecular formula is C8H14O3. The zero-order chi connectivity index (χ0) is 9.07. The molecule has 0 amide bonds. The number of aliphatic hydroxyl groups excluding tert-OH is 1. The maximum absolute atomic E-state index is 10.4. The van der Waals surface area contributed by atoms with E-state index in [-0.39, 0.29) is 11.0 Å². The van der Waals surface area contributed by atoms with Crippen molar-refractivity contribution in [2.75, 3.05) is 0 Å². The van der Waals surface area contributed by atoms with E-state index in [0.717, 1.165) is 0 Å². The lowest BCUT2D eigenvalue weighted by atomic mass is 9.88. The van der Waals surface area contributed by atoms with Crippen LogP contribution in [0.15, 0.2) is 11.8 Å². The summed E-state index contributed by atoms with van der Waals surface area (Å²) in [6.45, 7) is 5.75. The summed E-state index contributed by atoms with van der Waals surface area (Å²) in [6.07, 6.45) is 1.03. The lowest BCUT2D eigenvalue weighted by Gasteiger charge is -2.17. The summed E-state index contributed by atoms with van der Waals surface area (Å²) >= 11 is 0. The van der Waals surface area contributed by atoms with Crippen molar-refractivity contribution in [3.63, 3.8) is 0 Å². The summed E-state index contributed by atoms with van der Waals surface area (Å²) in [5, 5.41) is 17.0. The molecule has 0 spiro atoms. The van der Waals surface area contributed by atoms with Crippen LogP contribution in [0.2, 0.25) is 0 Å². The predicted molar refractivity (Wildman–Crippen MR) is 42.4 cm³/mol. The van der Waals surface area contributed by atoms with Gasteiger partial charge in [0, 0.05) is 0 Å². The standard InChI is InChI=1S/C8H14O3/c1-8(2,3)4-6(5-9)7(10)11/h5,9H,4H2,1-3H3,(H,10,11). The smallest absolute Gasteiger partial charge is 0.334 e. The maximum Gasteiger partial charge on any atom is 0.334 e. The Morgan fingerprint density at radius 1 is 1.45 bits per heavy atom. The number of carboxylic acid groups (broad SMARTS) is 1. The molecule has 0 aromatic heterocycles. The van der Waals surface area contributed by atoms with E-state index in [9.17, 15) is 4.79 Å². The largest absolute Gasteiger partial charge is 0.515 e. The van der Waals surface area contributed by atoms with Crippen molar-refractivity contribution in [1.29, 1.82) is 0 Å². The molecule has 11 heavy (non-hydrogen) atoms. The van der Waals surface area contributed by atoms with Gasteiger partial charge >= 0.3 is 5.97 Å². The Morgan fingerprint density at radius 2 is 1.91 bits per heavy atom. The van der Waals surface area contributed by atoms with Crippen LogP contribution in [0.3, 0.4) is 0 Å². The zero-order valence-corrected chi connectivity index (χ0v) is 7.09.